The first-order chi connectivity index (χ1) is 8.33. The molecule has 100 valence electrons. The molecule has 0 radical (unpaired) electrons. The molecule has 0 bridgehead atoms. The number of H-pyrrole nitrogens is 1. The molecule has 1 fully saturated rings. The Morgan fingerprint density at radius 1 is 1.22 bits per heavy atom. The molecule has 1 aromatic rings. The molecule has 0 aromatic carbocycles. The summed E-state index contributed by atoms with van der Waals surface area (Å²) in [6.45, 7) is -0.224. The maximum atomic E-state index is 12.1. The van der Waals surface area contributed by atoms with Gasteiger partial charge in [0.05, 0.1) is 11.5 Å². The van der Waals surface area contributed by atoms with Crippen molar-refractivity contribution in [3.8, 4) is 0 Å². The third kappa shape index (κ3) is 2.47. The Morgan fingerprint density at radius 3 is 2.39 bits per heavy atom. The summed E-state index contributed by atoms with van der Waals surface area (Å²) in [5.41, 5.74) is -0.609. The molecular formula is C9H12N2O5S2. The molecule has 2 rings (SSSR count). The van der Waals surface area contributed by atoms with Crippen LogP contribution < -0.4 is 5.43 Å². The summed E-state index contributed by atoms with van der Waals surface area (Å²) < 4.78 is 47.8. The van der Waals surface area contributed by atoms with Gasteiger partial charge in [-0.05, 0) is 0 Å². The number of aromatic nitrogens is 1. The number of pyridine rings is 1. The zero-order valence-electron chi connectivity index (χ0n) is 9.37. The number of nitrogens with zero attached hydrogens (tertiary/aromatic N) is 1. The van der Waals surface area contributed by atoms with Crippen molar-refractivity contribution in [3.05, 3.63) is 28.7 Å². The van der Waals surface area contributed by atoms with Crippen molar-refractivity contribution in [1.29, 1.82) is 0 Å². The Balaban J connectivity index is 2.34. The average molecular weight is 292 g/mol. The number of aromatic amines is 1. The standard InChI is InChI=1S/C9H12N2O5S2/c12-8-1-2-10-7-9(8)18(15,16)11-3-5-17(13,14)6-4-11/h1-2,7H,3-6H2,(H,10,12). The van der Waals surface area contributed by atoms with Crippen LogP contribution in [0, 0.1) is 0 Å². The van der Waals surface area contributed by atoms with Crippen molar-refractivity contribution < 1.29 is 16.8 Å². The van der Waals surface area contributed by atoms with Crippen molar-refractivity contribution in [3.63, 3.8) is 0 Å². The van der Waals surface area contributed by atoms with Crippen molar-refractivity contribution in [2.24, 2.45) is 0 Å². The van der Waals surface area contributed by atoms with Crippen LogP contribution in [0.1, 0.15) is 0 Å². The third-order valence-electron chi connectivity index (χ3n) is 2.71. The normalized spacial score (nSPS) is 20.7. The lowest BCUT2D eigenvalue weighted by molar-refractivity contribution is 0.430. The predicted octanol–water partition coefficient (Wildman–Crippen LogP) is -1.21. The SMILES string of the molecule is O=c1cc[nH]cc1S(=O)(=O)N1CCS(=O)(=O)CC1. The number of sulfonamides is 1. The number of sulfone groups is 1. The van der Waals surface area contributed by atoms with Crippen LogP contribution >= 0.6 is 0 Å². The summed E-state index contributed by atoms with van der Waals surface area (Å²) in [5, 5.41) is 0. The smallest absolute Gasteiger partial charge is 0.248 e. The predicted molar refractivity (Wildman–Crippen MR) is 64.5 cm³/mol. The molecule has 7 nitrogen and oxygen atoms in total. The number of nitrogens with one attached hydrogen (secondary N) is 1. The van der Waals surface area contributed by atoms with E-state index in [0.29, 0.717) is 0 Å². The van der Waals surface area contributed by atoms with Gasteiger partial charge in [-0.2, -0.15) is 4.31 Å². The van der Waals surface area contributed by atoms with Gasteiger partial charge in [0.1, 0.15) is 4.90 Å². The summed E-state index contributed by atoms with van der Waals surface area (Å²) >= 11 is 0. The van der Waals surface area contributed by atoms with Crippen LogP contribution in [0.3, 0.4) is 0 Å². The second-order valence-corrected chi connectivity index (χ2v) is 8.14. The molecule has 0 unspecified atom stereocenters. The van der Waals surface area contributed by atoms with Crippen LogP contribution in [0.15, 0.2) is 28.2 Å². The third-order valence-corrected chi connectivity index (χ3v) is 6.24. The zero-order valence-corrected chi connectivity index (χ0v) is 11.0. The molecule has 18 heavy (non-hydrogen) atoms. The Morgan fingerprint density at radius 2 is 1.83 bits per heavy atom. The van der Waals surface area contributed by atoms with Gasteiger partial charge in [-0.25, -0.2) is 16.8 Å². The minimum absolute atomic E-state index is 0.112. The highest BCUT2D eigenvalue weighted by Crippen LogP contribution is 2.14. The van der Waals surface area contributed by atoms with E-state index in [9.17, 15) is 21.6 Å². The first kappa shape index (κ1) is 13.2. The lowest BCUT2D eigenvalue weighted by atomic mass is 10.5. The van der Waals surface area contributed by atoms with Gasteiger partial charge in [0.15, 0.2) is 9.84 Å². The van der Waals surface area contributed by atoms with E-state index in [1.165, 1.54) is 6.20 Å². The fourth-order valence-corrected chi connectivity index (χ4v) is 4.59. The molecule has 1 N–H and O–H groups in total. The quantitative estimate of drug-likeness (QED) is 0.737. The largest absolute Gasteiger partial charge is 0.366 e. The number of hydrogen-bond acceptors (Lipinski definition) is 5. The van der Waals surface area contributed by atoms with Gasteiger partial charge in [-0.1, -0.05) is 0 Å². The van der Waals surface area contributed by atoms with E-state index in [-0.39, 0.29) is 29.5 Å². The maximum Gasteiger partial charge on any atom is 0.248 e. The first-order valence-corrected chi connectivity index (χ1v) is 8.47. The van der Waals surface area contributed by atoms with E-state index in [1.54, 1.807) is 0 Å². The summed E-state index contributed by atoms with van der Waals surface area (Å²) in [5.74, 6) is -0.423. The van der Waals surface area contributed by atoms with Crippen LogP contribution in [0.4, 0.5) is 0 Å². The molecule has 0 aliphatic carbocycles. The van der Waals surface area contributed by atoms with Crippen LogP contribution in [0.25, 0.3) is 0 Å². The number of hydrogen-bond donors (Lipinski definition) is 1. The van der Waals surface area contributed by atoms with Crippen LogP contribution in [0.5, 0.6) is 0 Å². The molecule has 2 heterocycles. The minimum Gasteiger partial charge on any atom is -0.366 e. The van der Waals surface area contributed by atoms with Gasteiger partial charge in [0, 0.05) is 31.5 Å². The van der Waals surface area contributed by atoms with Crippen molar-refractivity contribution in [2.45, 2.75) is 4.90 Å². The summed E-state index contributed by atoms with van der Waals surface area (Å²) in [6.07, 6.45) is 2.45. The topological polar surface area (TPSA) is 104 Å². The Hall–Kier alpha value is -1.19. The van der Waals surface area contributed by atoms with Gasteiger partial charge < -0.3 is 4.98 Å². The zero-order chi connectivity index (χ0) is 13.4. The second-order valence-electron chi connectivity index (χ2n) is 3.93. The second kappa shape index (κ2) is 4.48. The highest BCUT2D eigenvalue weighted by atomic mass is 32.2. The summed E-state index contributed by atoms with van der Waals surface area (Å²) in [6, 6.07) is 1.12. The number of rotatable bonds is 2. The van der Waals surface area contributed by atoms with Gasteiger partial charge in [-0.3, -0.25) is 4.79 Å². The highest BCUT2D eigenvalue weighted by molar-refractivity contribution is 7.92. The molecule has 9 heteroatoms. The Labute approximate surface area is 104 Å². The van der Waals surface area contributed by atoms with Crippen molar-refractivity contribution >= 4 is 19.9 Å². The maximum absolute atomic E-state index is 12.1. The molecule has 1 saturated heterocycles. The van der Waals surface area contributed by atoms with Gasteiger partial charge >= 0.3 is 0 Å². The highest BCUT2D eigenvalue weighted by Gasteiger charge is 2.32. The van der Waals surface area contributed by atoms with Crippen LogP contribution in [0.2, 0.25) is 0 Å². The molecule has 0 amide bonds. The molecular weight excluding hydrogens is 280 g/mol. The van der Waals surface area contributed by atoms with Gasteiger partial charge in [-0.15, -0.1) is 0 Å². The van der Waals surface area contributed by atoms with E-state index >= 15 is 0 Å². The fourth-order valence-electron chi connectivity index (χ4n) is 1.68. The summed E-state index contributed by atoms with van der Waals surface area (Å²) in [7, 11) is -7.08. The summed E-state index contributed by atoms with van der Waals surface area (Å²) in [4.78, 5) is 13.7. The van der Waals surface area contributed by atoms with E-state index in [2.05, 4.69) is 4.98 Å². The molecule has 1 aromatic heterocycles. The first-order valence-electron chi connectivity index (χ1n) is 5.21. The Kier molecular flexibility index (Phi) is 3.30. The van der Waals surface area contributed by atoms with Crippen molar-refractivity contribution in [1.82, 2.24) is 9.29 Å². The van der Waals surface area contributed by atoms with Gasteiger partial charge in [0.2, 0.25) is 15.5 Å². The lowest BCUT2D eigenvalue weighted by Crippen LogP contribution is -2.44. The van der Waals surface area contributed by atoms with Crippen LogP contribution in [-0.4, -0.2) is 50.7 Å². The fraction of sp³-hybridized carbons (Fsp3) is 0.444. The molecule has 0 atom stereocenters. The molecule has 0 spiro atoms. The monoisotopic (exact) mass is 292 g/mol. The minimum atomic E-state index is -3.92. The molecule has 1 aliphatic rings. The van der Waals surface area contributed by atoms with Crippen LogP contribution in [-0.2, 0) is 19.9 Å². The molecule has 1 aliphatic heterocycles. The van der Waals surface area contributed by atoms with Crippen molar-refractivity contribution in [2.75, 3.05) is 24.6 Å². The molecule has 0 saturated carbocycles. The van der Waals surface area contributed by atoms with E-state index in [0.717, 1.165) is 16.6 Å². The van der Waals surface area contributed by atoms with E-state index in [1.807, 2.05) is 0 Å². The van der Waals surface area contributed by atoms with Gasteiger partial charge in [0.25, 0.3) is 0 Å². The van der Waals surface area contributed by atoms with E-state index < -0.39 is 25.3 Å². The Bertz CT molecular complexity index is 690. The van der Waals surface area contributed by atoms with E-state index in [4.69, 9.17) is 0 Å². The average Bonchev–Trinajstić information content (AvgIpc) is 2.28. The lowest BCUT2D eigenvalue weighted by Gasteiger charge is -2.25.